The van der Waals surface area contributed by atoms with Gasteiger partial charge in [0.1, 0.15) is 5.54 Å². The highest BCUT2D eigenvalue weighted by Gasteiger charge is 2.71. The van der Waals surface area contributed by atoms with Gasteiger partial charge in [-0.05, 0) is 13.3 Å². The van der Waals surface area contributed by atoms with Gasteiger partial charge in [0, 0.05) is 30.7 Å². The number of aromatic nitrogens is 2. The fourth-order valence-electron chi connectivity index (χ4n) is 3.68. The standard InChI is InChI=1S/C14H22N4O2/c1-4-18-8-9(7-16-18)17-12(19)14(15)10-5-6-20-11(10)13(14,2)3/h7-8,10-11H,4-6,15H2,1-3H3,(H,17,19). The van der Waals surface area contributed by atoms with Gasteiger partial charge in [-0.3, -0.25) is 9.48 Å². The lowest BCUT2D eigenvalue weighted by Gasteiger charge is -2.60. The predicted octanol–water partition coefficient (Wildman–Crippen LogP) is 0.984. The van der Waals surface area contributed by atoms with E-state index in [-0.39, 0.29) is 23.3 Å². The van der Waals surface area contributed by atoms with Gasteiger partial charge in [0.05, 0.1) is 18.0 Å². The second-order valence-corrected chi connectivity index (χ2v) is 6.32. The van der Waals surface area contributed by atoms with Crippen molar-refractivity contribution in [2.45, 2.75) is 45.4 Å². The number of aryl methyl sites for hydroxylation is 1. The van der Waals surface area contributed by atoms with Crippen molar-refractivity contribution in [3.63, 3.8) is 0 Å². The van der Waals surface area contributed by atoms with Gasteiger partial charge in [0.2, 0.25) is 5.91 Å². The minimum absolute atomic E-state index is 0.0941. The number of nitrogens with two attached hydrogens (primary N) is 1. The van der Waals surface area contributed by atoms with E-state index in [1.807, 2.05) is 27.0 Å². The maximum absolute atomic E-state index is 12.6. The van der Waals surface area contributed by atoms with Gasteiger partial charge in [-0.25, -0.2) is 0 Å². The highest BCUT2D eigenvalue weighted by Crippen LogP contribution is 2.58. The Bertz CT molecular complexity index is 539. The summed E-state index contributed by atoms with van der Waals surface area (Å²) < 4.78 is 7.48. The number of anilines is 1. The first-order valence-corrected chi connectivity index (χ1v) is 7.15. The van der Waals surface area contributed by atoms with Crippen LogP contribution < -0.4 is 11.1 Å². The van der Waals surface area contributed by atoms with Crippen LogP contribution in [0.15, 0.2) is 12.4 Å². The molecule has 110 valence electrons. The van der Waals surface area contributed by atoms with Crippen LogP contribution in [0.3, 0.4) is 0 Å². The van der Waals surface area contributed by atoms with Crippen LogP contribution in [0.5, 0.6) is 0 Å². The van der Waals surface area contributed by atoms with E-state index in [4.69, 9.17) is 10.5 Å². The van der Waals surface area contributed by atoms with Gasteiger partial charge in [-0.15, -0.1) is 0 Å². The third-order valence-electron chi connectivity index (χ3n) is 5.04. The molecule has 3 rings (SSSR count). The van der Waals surface area contributed by atoms with E-state index in [2.05, 4.69) is 10.4 Å². The van der Waals surface area contributed by atoms with E-state index < -0.39 is 5.54 Å². The van der Waals surface area contributed by atoms with Gasteiger partial charge in [-0.1, -0.05) is 13.8 Å². The number of nitrogens with zero attached hydrogens (tertiary/aromatic N) is 2. The van der Waals surface area contributed by atoms with Gasteiger partial charge >= 0.3 is 0 Å². The molecule has 1 aliphatic carbocycles. The molecule has 20 heavy (non-hydrogen) atoms. The Labute approximate surface area is 118 Å². The highest BCUT2D eigenvalue weighted by atomic mass is 16.5. The quantitative estimate of drug-likeness (QED) is 0.863. The van der Waals surface area contributed by atoms with Gasteiger partial charge in [0.25, 0.3) is 0 Å². The first-order chi connectivity index (χ1) is 9.41. The fourth-order valence-corrected chi connectivity index (χ4v) is 3.68. The Balaban J connectivity index is 1.79. The molecule has 1 aliphatic heterocycles. The SMILES string of the molecule is CCn1cc(NC(=O)C2(N)C3CCOC3C2(C)C)cn1. The van der Waals surface area contributed by atoms with Crippen LogP contribution in [-0.4, -0.2) is 33.9 Å². The average molecular weight is 278 g/mol. The molecule has 1 saturated carbocycles. The molecular weight excluding hydrogens is 256 g/mol. The monoisotopic (exact) mass is 278 g/mol. The smallest absolute Gasteiger partial charge is 0.245 e. The third-order valence-corrected chi connectivity index (χ3v) is 5.04. The first kappa shape index (κ1) is 13.6. The Morgan fingerprint density at radius 1 is 1.65 bits per heavy atom. The molecule has 0 radical (unpaired) electrons. The Morgan fingerprint density at radius 3 is 3.05 bits per heavy atom. The van der Waals surface area contributed by atoms with Crippen molar-refractivity contribution in [3.05, 3.63) is 12.4 Å². The molecule has 1 aromatic rings. The van der Waals surface area contributed by atoms with Crippen molar-refractivity contribution in [3.8, 4) is 0 Å². The molecule has 6 heteroatoms. The van der Waals surface area contributed by atoms with Gasteiger partial charge < -0.3 is 15.8 Å². The van der Waals surface area contributed by atoms with Crippen molar-refractivity contribution in [1.82, 2.24) is 9.78 Å². The molecule has 1 saturated heterocycles. The molecule has 1 amide bonds. The molecule has 2 aliphatic rings. The lowest BCUT2D eigenvalue weighted by Crippen LogP contribution is -2.79. The second-order valence-electron chi connectivity index (χ2n) is 6.32. The summed E-state index contributed by atoms with van der Waals surface area (Å²) in [4.78, 5) is 12.6. The Morgan fingerprint density at radius 2 is 2.40 bits per heavy atom. The van der Waals surface area contributed by atoms with Crippen molar-refractivity contribution in [1.29, 1.82) is 0 Å². The number of ether oxygens (including phenoxy) is 1. The predicted molar refractivity (Wildman–Crippen MR) is 75.1 cm³/mol. The summed E-state index contributed by atoms with van der Waals surface area (Å²) in [6, 6.07) is 0. The molecule has 0 bridgehead atoms. The summed E-state index contributed by atoms with van der Waals surface area (Å²) in [6.07, 6.45) is 4.41. The van der Waals surface area contributed by atoms with Crippen LogP contribution in [0.4, 0.5) is 5.69 Å². The average Bonchev–Trinajstić information content (AvgIpc) is 3.05. The summed E-state index contributed by atoms with van der Waals surface area (Å²) in [5.41, 5.74) is 5.95. The summed E-state index contributed by atoms with van der Waals surface area (Å²) in [5, 5.41) is 7.06. The second kappa shape index (κ2) is 4.30. The van der Waals surface area contributed by atoms with Crippen LogP contribution in [0, 0.1) is 11.3 Å². The number of hydrogen-bond donors (Lipinski definition) is 2. The molecule has 6 nitrogen and oxygen atoms in total. The largest absolute Gasteiger partial charge is 0.377 e. The molecule has 2 heterocycles. The van der Waals surface area contributed by atoms with E-state index >= 15 is 0 Å². The van der Waals surface area contributed by atoms with Crippen LogP contribution in [0.2, 0.25) is 0 Å². The number of carbonyl (C=O) groups excluding carboxylic acids is 1. The molecule has 0 spiro atoms. The maximum Gasteiger partial charge on any atom is 0.245 e. The van der Waals surface area contributed by atoms with Crippen LogP contribution in [0.1, 0.15) is 27.2 Å². The number of nitrogens with one attached hydrogen (secondary N) is 1. The van der Waals surface area contributed by atoms with Crippen LogP contribution in [0.25, 0.3) is 0 Å². The molecule has 1 aromatic heterocycles. The van der Waals surface area contributed by atoms with Crippen molar-refractivity contribution >= 4 is 11.6 Å². The van der Waals surface area contributed by atoms with Crippen molar-refractivity contribution in [2.24, 2.45) is 17.1 Å². The van der Waals surface area contributed by atoms with Gasteiger partial charge in [-0.2, -0.15) is 5.10 Å². The Hall–Kier alpha value is -1.40. The molecule has 0 aromatic carbocycles. The molecule has 3 N–H and O–H groups in total. The normalized spacial score (nSPS) is 34.4. The summed E-state index contributed by atoms with van der Waals surface area (Å²) in [6.45, 7) is 7.48. The molecule has 3 unspecified atom stereocenters. The summed E-state index contributed by atoms with van der Waals surface area (Å²) in [7, 11) is 0. The summed E-state index contributed by atoms with van der Waals surface area (Å²) >= 11 is 0. The van der Waals surface area contributed by atoms with E-state index in [9.17, 15) is 4.79 Å². The minimum Gasteiger partial charge on any atom is -0.377 e. The topological polar surface area (TPSA) is 82.2 Å². The fraction of sp³-hybridized carbons (Fsp3) is 0.714. The summed E-state index contributed by atoms with van der Waals surface area (Å²) in [5.74, 6) is -0.0244. The first-order valence-electron chi connectivity index (χ1n) is 7.15. The van der Waals surface area contributed by atoms with E-state index in [0.717, 1.165) is 13.0 Å². The number of fused-ring (bicyclic) bond motifs is 1. The Kier molecular flexibility index (Phi) is 2.92. The number of rotatable bonds is 3. The van der Waals surface area contributed by atoms with Crippen molar-refractivity contribution < 1.29 is 9.53 Å². The molecule has 2 fully saturated rings. The molecule has 3 atom stereocenters. The lowest BCUT2D eigenvalue weighted by molar-refractivity contribution is -0.170. The lowest BCUT2D eigenvalue weighted by atomic mass is 9.48. The zero-order valence-corrected chi connectivity index (χ0v) is 12.2. The van der Waals surface area contributed by atoms with Crippen LogP contribution >= 0.6 is 0 Å². The minimum atomic E-state index is -0.873. The molecular formula is C14H22N4O2. The number of hydrogen-bond acceptors (Lipinski definition) is 4. The van der Waals surface area contributed by atoms with E-state index in [0.29, 0.717) is 12.3 Å². The van der Waals surface area contributed by atoms with E-state index in [1.165, 1.54) is 0 Å². The van der Waals surface area contributed by atoms with E-state index in [1.54, 1.807) is 10.9 Å². The maximum atomic E-state index is 12.6. The van der Waals surface area contributed by atoms with Gasteiger partial charge in [0.15, 0.2) is 0 Å². The zero-order valence-electron chi connectivity index (χ0n) is 12.2. The number of amides is 1. The zero-order chi connectivity index (χ0) is 14.5. The van der Waals surface area contributed by atoms with Crippen LogP contribution in [-0.2, 0) is 16.1 Å². The highest BCUT2D eigenvalue weighted by molar-refractivity contribution is 6.00. The number of carbonyl (C=O) groups is 1. The van der Waals surface area contributed by atoms with Crippen molar-refractivity contribution in [2.75, 3.05) is 11.9 Å². The third kappa shape index (κ3) is 1.58.